The van der Waals surface area contributed by atoms with Gasteiger partial charge in [0.05, 0.1) is 0 Å². The molecule has 148 valence electrons. The van der Waals surface area contributed by atoms with Crippen molar-refractivity contribution in [1.82, 2.24) is 16.0 Å². The fourth-order valence-corrected chi connectivity index (χ4v) is 2.52. The van der Waals surface area contributed by atoms with Gasteiger partial charge in [0, 0.05) is 38.7 Å². The number of rotatable bonds is 10. The van der Waals surface area contributed by atoms with E-state index < -0.39 is 0 Å². The number of guanidine groups is 1. The lowest BCUT2D eigenvalue weighted by Crippen LogP contribution is -2.39. The molecule has 2 aromatic carbocycles. The van der Waals surface area contributed by atoms with Gasteiger partial charge in [-0.05, 0) is 11.6 Å². The van der Waals surface area contributed by atoms with Crippen LogP contribution < -0.4 is 20.7 Å². The maximum absolute atomic E-state index is 12.0. The Morgan fingerprint density at radius 1 is 1.04 bits per heavy atom. The molecule has 0 spiro atoms. The van der Waals surface area contributed by atoms with Gasteiger partial charge in [-0.1, -0.05) is 61.2 Å². The summed E-state index contributed by atoms with van der Waals surface area (Å²) in [6.45, 7) is 5.72. The highest BCUT2D eigenvalue weighted by molar-refractivity contribution is 5.81. The van der Waals surface area contributed by atoms with Crippen LogP contribution in [0.15, 0.2) is 72.2 Å². The van der Waals surface area contributed by atoms with E-state index in [1.807, 2.05) is 54.6 Å². The molecule has 0 aliphatic carbocycles. The van der Waals surface area contributed by atoms with Gasteiger partial charge in [0.15, 0.2) is 5.96 Å². The molecule has 2 rings (SSSR count). The second-order valence-corrected chi connectivity index (χ2v) is 6.07. The lowest BCUT2D eigenvalue weighted by Gasteiger charge is -2.14. The summed E-state index contributed by atoms with van der Waals surface area (Å²) in [7, 11) is 1.70. The maximum Gasteiger partial charge on any atom is 0.222 e. The normalized spacial score (nSPS) is 10.8. The molecule has 0 heterocycles. The molecule has 0 aliphatic rings. The van der Waals surface area contributed by atoms with Crippen molar-refractivity contribution in [2.24, 2.45) is 4.99 Å². The van der Waals surface area contributed by atoms with Crippen LogP contribution in [0.4, 0.5) is 0 Å². The van der Waals surface area contributed by atoms with E-state index in [1.54, 1.807) is 13.1 Å². The first kappa shape index (κ1) is 21.0. The van der Waals surface area contributed by atoms with Crippen molar-refractivity contribution in [2.45, 2.75) is 19.5 Å². The SMILES string of the molecule is C=CCOc1ccccc1CNC(=NC)NCCC(=O)NCc1ccccc1. The van der Waals surface area contributed by atoms with E-state index in [2.05, 4.69) is 27.5 Å². The standard InChI is InChI=1S/C22H28N4O2/c1-3-15-28-20-12-8-7-11-19(20)17-26-22(23-2)24-14-13-21(27)25-16-18-9-5-4-6-10-18/h3-12H,1,13-17H2,2H3,(H,25,27)(H2,23,24,26). The van der Waals surface area contributed by atoms with Crippen LogP contribution in [0.3, 0.4) is 0 Å². The summed E-state index contributed by atoms with van der Waals surface area (Å²) in [6.07, 6.45) is 2.08. The molecule has 6 nitrogen and oxygen atoms in total. The summed E-state index contributed by atoms with van der Waals surface area (Å²) >= 11 is 0. The molecular weight excluding hydrogens is 352 g/mol. The molecule has 0 aliphatic heterocycles. The average Bonchev–Trinajstić information content (AvgIpc) is 2.74. The van der Waals surface area contributed by atoms with Gasteiger partial charge in [-0.2, -0.15) is 0 Å². The van der Waals surface area contributed by atoms with Gasteiger partial charge >= 0.3 is 0 Å². The molecule has 0 atom stereocenters. The smallest absolute Gasteiger partial charge is 0.222 e. The van der Waals surface area contributed by atoms with Crippen LogP contribution in [0.1, 0.15) is 17.5 Å². The molecule has 1 amide bonds. The first-order valence-corrected chi connectivity index (χ1v) is 9.29. The third-order valence-electron chi connectivity index (χ3n) is 3.98. The third kappa shape index (κ3) is 7.53. The molecule has 0 unspecified atom stereocenters. The largest absolute Gasteiger partial charge is 0.489 e. The Balaban J connectivity index is 1.71. The number of benzene rings is 2. The lowest BCUT2D eigenvalue weighted by molar-refractivity contribution is -0.121. The van der Waals surface area contributed by atoms with E-state index >= 15 is 0 Å². The Morgan fingerprint density at radius 3 is 2.54 bits per heavy atom. The van der Waals surface area contributed by atoms with Crippen LogP contribution in [-0.2, 0) is 17.9 Å². The summed E-state index contributed by atoms with van der Waals surface area (Å²) in [5.41, 5.74) is 2.10. The van der Waals surface area contributed by atoms with Crippen molar-refractivity contribution in [3.8, 4) is 5.75 Å². The van der Waals surface area contributed by atoms with Gasteiger partial charge in [0.1, 0.15) is 12.4 Å². The van der Waals surface area contributed by atoms with Crippen molar-refractivity contribution in [2.75, 3.05) is 20.2 Å². The fourth-order valence-electron chi connectivity index (χ4n) is 2.52. The van der Waals surface area contributed by atoms with E-state index in [-0.39, 0.29) is 5.91 Å². The molecule has 0 aromatic heterocycles. The summed E-state index contributed by atoms with van der Waals surface area (Å²) in [4.78, 5) is 16.2. The molecule has 0 saturated carbocycles. The zero-order valence-electron chi connectivity index (χ0n) is 16.3. The molecule has 0 radical (unpaired) electrons. The number of ether oxygens (including phenoxy) is 1. The van der Waals surface area contributed by atoms with Crippen LogP contribution in [0.25, 0.3) is 0 Å². The van der Waals surface area contributed by atoms with Gasteiger partial charge in [-0.15, -0.1) is 0 Å². The summed E-state index contributed by atoms with van der Waals surface area (Å²) < 4.78 is 5.66. The Hall–Kier alpha value is -3.28. The Bertz CT molecular complexity index is 775. The number of para-hydroxylation sites is 1. The second-order valence-electron chi connectivity index (χ2n) is 6.07. The minimum absolute atomic E-state index is 0.00465. The van der Waals surface area contributed by atoms with Gasteiger partial charge in [0.2, 0.25) is 5.91 Å². The minimum atomic E-state index is -0.00465. The first-order chi connectivity index (χ1) is 13.7. The average molecular weight is 380 g/mol. The van der Waals surface area contributed by atoms with Crippen LogP contribution in [0, 0.1) is 0 Å². The third-order valence-corrected chi connectivity index (χ3v) is 3.98. The Morgan fingerprint density at radius 2 is 1.79 bits per heavy atom. The number of nitrogens with one attached hydrogen (secondary N) is 3. The fraction of sp³-hybridized carbons (Fsp3) is 0.273. The predicted octanol–water partition coefficient (Wildman–Crippen LogP) is 2.62. The molecule has 2 aromatic rings. The highest BCUT2D eigenvalue weighted by Gasteiger charge is 2.05. The molecule has 28 heavy (non-hydrogen) atoms. The van der Waals surface area contributed by atoms with Crippen molar-refractivity contribution in [1.29, 1.82) is 0 Å². The molecule has 0 saturated heterocycles. The van der Waals surface area contributed by atoms with Crippen molar-refractivity contribution in [3.63, 3.8) is 0 Å². The lowest BCUT2D eigenvalue weighted by atomic mass is 10.2. The zero-order chi connectivity index (χ0) is 20.0. The van der Waals surface area contributed by atoms with Crippen LogP contribution >= 0.6 is 0 Å². The van der Waals surface area contributed by atoms with Gasteiger partial charge < -0.3 is 20.7 Å². The monoisotopic (exact) mass is 380 g/mol. The number of hydrogen-bond donors (Lipinski definition) is 3. The Labute approximate surface area is 166 Å². The van der Waals surface area contributed by atoms with Gasteiger partial charge in [-0.25, -0.2) is 0 Å². The van der Waals surface area contributed by atoms with Crippen LogP contribution in [-0.4, -0.2) is 32.1 Å². The number of aliphatic imine (C=N–C) groups is 1. The molecular formula is C22H28N4O2. The zero-order valence-corrected chi connectivity index (χ0v) is 16.3. The molecule has 0 fully saturated rings. The van der Waals surface area contributed by atoms with E-state index in [4.69, 9.17) is 4.74 Å². The topological polar surface area (TPSA) is 74.8 Å². The van der Waals surface area contributed by atoms with E-state index in [9.17, 15) is 4.79 Å². The number of nitrogens with zero attached hydrogens (tertiary/aromatic N) is 1. The summed E-state index contributed by atoms with van der Waals surface area (Å²) in [6, 6.07) is 17.7. The number of carbonyl (C=O) groups excluding carboxylic acids is 1. The van der Waals surface area contributed by atoms with E-state index in [1.165, 1.54) is 0 Å². The maximum atomic E-state index is 12.0. The minimum Gasteiger partial charge on any atom is -0.489 e. The summed E-state index contributed by atoms with van der Waals surface area (Å²) in [5, 5.41) is 9.30. The number of amides is 1. The van der Waals surface area contributed by atoms with E-state index in [0.29, 0.717) is 38.6 Å². The highest BCUT2D eigenvalue weighted by Crippen LogP contribution is 2.17. The quantitative estimate of drug-likeness (QED) is 0.337. The van der Waals surface area contributed by atoms with Gasteiger partial charge in [-0.3, -0.25) is 9.79 Å². The molecule has 0 bridgehead atoms. The van der Waals surface area contributed by atoms with Crippen LogP contribution in [0.5, 0.6) is 5.75 Å². The van der Waals surface area contributed by atoms with Crippen LogP contribution in [0.2, 0.25) is 0 Å². The highest BCUT2D eigenvalue weighted by atomic mass is 16.5. The first-order valence-electron chi connectivity index (χ1n) is 9.29. The van der Waals surface area contributed by atoms with Gasteiger partial charge in [0.25, 0.3) is 0 Å². The molecule has 6 heteroatoms. The molecule has 3 N–H and O–H groups in total. The number of hydrogen-bond acceptors (Lipinski definition) is 3. The Kier molecular flexibility index (Phi) is 9.14. The second kappa shape index (κ2) is 12.2. The predicted molar refractivity (Wildman–Crippen MR) is 113 cm³/mol. The number of carbonyl (C=O) groups is 1. The van der Waals surface area contributed by atoms with Crippen molar-refractivity contribution in [3.05, 3.63) is 78.4 Å². The van der Waals surface area contributed by atoms with E-state index in [0.717, 1.165) is 16.9 Å². The van der Waals surface area contributed by atoms with Crippen molar-refractivity contribution >= 4 is 11.9 Å². The summed E-state index contributed by atoms with van der Waals surface area (Å²) in [5.74, 6) is 1.44. The van der Waals surface area contributed by atoms with Crippen molar-refractivity contribution < 1.29 is 9.53 Å².